The van der Waals surface area contributed by atoms with E-state index >= 15 is 0 Å². The van der Waals surface area contributed by atoms with E-state index in [1.165, 1.54) is 67.7 Å². The molecule has 0 aromatic heterocycles. The van der Waals surface area contributed by atoms with Gasteiger partial charge in [0.1, 0.15) is 0 Å². The zero-order valence-electron chi connectivity index (χ0n) is 18.3. The van der Waals surface area contributed by atoms with E-state index in [0.717, 1.165) is 22.4 Å². The Balaban J connectivity index is 1.31. The zero-order chi connectivity index (χ0) is 20.9. The van der Waals surface area contributed by atoms with Crippen LogP contribution in [0.4, 0.5) is 0 Å². The predicted molar refractivity (Wildman–Crippen MR) is 132 cm³/mol. The smallest absolute Gasteiger partial charge is 0.0478 e. The van der Waals surface area contributed by atoms with Gasteiger partial charge in [-0.25, -0.2) is 0 Å². The maximum Gasteiger partial charge on any atom is 0.0478 e. The first-order valence-electron chi connectivity index (χ1n) is 11.3. The summed E-state index contributed by atoms with van der Waals surface area (Å²) in [5, 5.41) is 0. The molecule has 150 valence electrons. The van der Waals surface area contributed by atoms with Crippen LogP contribution in [0.2, 0.25) is 0 Å². The molecule has 1 heteroatoms. The lowest BCUT2D eigenvalue weighted by molar-refractivity contribution is 1.21. The summed E-state index contributed by atoms with van der Waals surface area (Å²) < 4.78 is 0. The van der Waals surface area contributed by atoms with E-state index in [4.69, 9.17) is 0 Å². The summed E-state index contributed by atoms with van der Waals surface area (Å²) in [4.78, 5) is 0. The minimum atomic E-state index is 0.901. The Morgan fingerprint density at radius 2 is 1.03 bits per heavy atom. The van der Waals surface area contributed by atoms with Crippen molar-refractivity contribution in [3.63, 3.8) is 0 Å². The minimum absolute atomic E-state index is 0.901. The Labute approximate surface area is 187 Å². The lowest BCUT2D eigenvalue weighted by Crippen LogP contribution is -2.06. The van der Waals surface area contributed by atoms with Gasteiger partial charge in [-0.3, -0.25) is 0 Å². The number of aryl methyl sites for hydroxylation is 2. The lowest BCUT2D eigenvalue weighted by Gasteiger charge is -2.14. The van der Waals surface area contributed by atoms with E-state index in [-0.39, 0.29) is 0 Å². The van der Waals surface area contributed by atoms with Crippen molar-refractivity contribution in [2.24, 2.45) is 0 Å². The van der Waals surface area contributed by atoms with Crippen molar-refractivity contribution in [2.75, 3.05) is 0 Å². The van der Waals surface area contributed by atoms with Crippen LogP contribution in [0.3, 0.4) is 0 Å². The molecule has 0 unspecified atom stereocenters. The van der Waals surface area contributed by atoms with Crippen molar-refractivity contribution >= 4 is 9.52 Å². The average Bonchev–Trinajstić information content (AvgIpc) is 3.31. The number of hydrogen-bond acceptors (Lipinski definition) is 0. The molecule has 0 heterocycles. The van der Waals surface area contributed by atoms with E-state index in [9.17, 15) is 0 Å². The standard InChI is InChI=1S/C30H26Si/c1-19-11-23-15-21-7-3-5-9-27(21)29(23)25(13-19)17-31-18-26-14-20(2)12-24-16-22-8-4-6-10-28(22)30(24)26/h3-14H,15-18H2,1-2H3. The van der Waals surface area contributed by atoms with E-state index in [2.05, 4.69) is 86.6 Å². The fourth-order valence-electron chi connectivity index (χ4n) is 5.71. The van der Waals surface area contributed by atoms with Gasteiger partial charge in [-0.1, -0.05) is 83.9 Å². The maximum absolute atomic E-state index is 2.43. The second kappa shape index (κ2) is 7.35. The Morgan fingerprint density at radius 3 is 1.52 bits per heavy atom. The molecule has 0 amide bonds. The molecule has 0 fully saturated rings. The summed E-state index contributed by atoms with van der Waals surface area (Å²) >= 11 is 0. The number of fused-ring (bicyclic) bond motifs is 6. The van der Waals surface area contributed by atoms with Crippen LogP contribution in [0.5, 0.6) is 0 Å². The van der Waals surface area contributed by atoms with Crippen LogP contribution < -0.4 is 0 Å². The van der Waals surface area contributed by atoms with E-state index in [0.29, 0.717) is 0 Å². The molecule has 6 rings (SSSR count). The van der Waals surface area contributed by atoms with Gasteiger partial charge >= 0.3 is 0 Å². The summed E-state index contributed by atoms with van der Waals surface area (Å²) in [6.07, 6.45) is 2.18. The first kappa shape index (κ1) is 18.8. The second-order valence-electron chi connectivity index (χ2n) is 9.19. The number of rotatable bonds is 4. The third-order valence-electron chi connectivity index (χ3n) is 6.86. The van der Waals surface area contributed by atoms with Crippen molar-refractivity contribution in [3.05, 3.63) is 117 Å². The third-order valence-corrected chi connectivity index (χ3v) is 8.12. The SMILES string of the molecule is Cc1cc(C[Si]Cc2cc(C)cc3c2-c2ccccc2C3)c2c(c1)Cc1ccccc1-2. The molecule has 2 aliphatic carbocycles. The van der Waals surface area contributed by atoms with Crippen LogP contribution in [0.1, 0.15) is 44.5 Å². The maximum atomic E-state index is 2.43. The van der Waals surface area contributed by atoms with Gasteiger partial charge in [0.25, 0.3) is 0 Å². The van der Waals surface area contributed by atoms with Crippen LogP contribution >= 0.6 is 0 Å². The second-order valence-corrected chi connectivity index (χ2v) is 10.4. The van der Waals surface area contributed by atoms with Gasteiger partial charge in [-0.05, 0) is 94.4 Å². The Morgan fingerprint density at radius 1 is 0.581 bits per heavy atom. The van der Waals surface area contributed by atoms with Gasteiger partial charge in [0.2, 0.25) is 0 Å². The van der Waals surface area contributed by atoms with Gasteiger partial charge in [0, 0.05) is 9.52 Å². The Kier molecular flexibility index (Phi) is 4.47. The molecule has 0 atom stereocenters. The molecule has 0 saturated heterocycles. The van der Waals surface area contributed by atoms with Crippen LogP contribution in [0, 0.1) is 13.8 Å². The van der Waals surface area contributed by atoms with Gasteiger partial charge < -0.3 is 0 Å². The van der Waals surface area contributed by atoms with Gasteiger partial charge in [-0.2, -0.15) is 0 Å². The highest BCUT2D eigenvalue weighted by atomic mass is 28.2. The molecule has 0 aliphatic heterocycles. The van der Waals surface area contributed by atoms with Crippen LogP contribution in [0.25, 0.3) is 22.3 Å². The first-order chi connectivity index (χ1) is 15.2. The minimum Gasteiger partial charge on any atom is -0.0619 e. The van der Waals surface area contributed by atoms with Crippen molar-refractivity contribution in [1.29, 1.82) is 0 Å². The molecule has 0 nitrogen and oxygen atoms in total. The Hall–Kier alpha value is -2.90. The summed E-state index contributed by atoms with van der Waals surface area (Å²) in [5.74, 6) is 0. The first-order valence-corrected chi connectivity index (χ1v) is 12.7. The molecule has 31 heavy (non-hydrogen) atoms. The van der Waals surface area contributed by atoms with Crippen LogP contribution in [-0.2, 0) is 24.9 Å². The molecule has 0 saturated carbocycles. The van der Waals surface area contributed by atoms with Crippen molar-refractivity contribution in [1.82, 2.24) is 0 Å². The lowest BCUT2D eigenvalue weighted by atomic mass is 9.98. The monoisotopic (exact) mass is 414 g/mol. The third kappa shape index (κ3) is 3.19. The summed E-state index contributed by atoms with van der Waals surface area (Å²) in [5.41, 5.74) is 17.9. The summed E-state index contributed by atoms with van der Waals surface area (Å²) in [6, 6.07) is 29.9. The van der Waals surface area contributed by atoms with Crippen molar-refractivity contribution in [2.45, 2.75) is 38.8 Å². The number of hydrogen-bond donors (Lipinski definition) is 0. The van der Waals surface area contributed by atoms with Crippen molar-refractivity contribution < 1.29 is 0 Å². The molecular weight excluding hydrogens is 388 g/mol. The largest absolute Gasteiger partial charge is 0.0619 e. The highest BCUT2D eigenvalue weighted by molar-refractivity contribution is 6.35. The molecule has 4 aromatic rings. The fourth-order valence-corrected chi connectivity index (χ4v) is 6.93. The van der Waals surface area contributed by atoms with E-state index in [1.54, 1.807) is 11.1 Å². The van der Waals surface area contributed by atoms with Crippen molar-refractivity contribution in [3.8, 4) is 22.3 Å². The normalized spacial score (nSPS) is 13.0. The molecule has 0 spiro atoms. The highest BCUT2D eigenvalue weighted by Crippen LogP contribution is 2.41. The zero-order valence-corrected chi connectivity index (χ0v) is 19.3. The summed E-state index contributed by atoms with van der Waals surface area (Å²) in [7, 11) is 0.901. The van der Waals surface area contributed by atoms with E-state index in [1.807, 2.05) is 0 Å². The van der Waals surface area contributed by atoms with Gasteiger partial charge in [-0.15, -0.1) is 0 Å². The van der Waals surface area contributed by atoms with Gasteiger partial charge in [0.05, 0.1) is 0 Å². The van der Waals surface area contributed by atoms with Crippen LogP contribution in [0.15, 0.2) is 72.8 Å². The quantitative estimate of drug-likeness (QED) is 0.277. The molecule has 0 N–H and O–H groups in total. The predicted octanol–water partition coefficient (Wildman–Crippen LogP) is 6.85. The molecule has 4 aromatic carbocycles. The molecular formula is C30H26Si. The van der Waals surface area contributed by atoms with Crippen LogP contribution in [-0.4, -0.2) is 9.52 Å². The highest BCUT2D eigenvalue weighted by Gasteiger charge is 2.23. The Bertz CT molecular complexity index is 1230. The topological polar surface area (TPSA) is 0 Å². The fraction of sp³-hybridized carbons (Fsp3) is 0.200. The molecule has 2 aliphatic rings. The summed E-state index contributed by atoms with van der Waals surface area (Å²) in [6.45, 7) is 4.50. The van der Waals surface area contributed by atoms with Gasteiger partial charge in [0.15, 0.2) is 0 Å². The molecule has 0 bridgehead atoms. The molecule has 2 radical (unpaired) electrons. The average molecular weight is 415 g/mol. The number of benzene rings is 4. The van der Waals surface area contributed by atoms with E-state index < -0.39 is 0 Å².